The highest BCUT2D eigenvalue weighted by Gasteiger charge is 2.21. The molecule has 0 radical (unpaired) electrons. The van der Waals surface area contributed by atoms with Crippen molar-refractivity contribution in [1.82, 2.24) is 4.98 Å². The molecule has 110 valence electrons. The van der Waals surface area contributed by atoms with Gasteiger partial charge >= 0.3 is 5.97 Å². The highest BCUT2D eigenvalue weighted by molar-refractivity contribution is 9.11. The molecule has 1 heterocycles. The van der Waals surface area contributed by atoms with Gasteiger partial charge in [-0.2, -0.15) is 0 Å². The fourth-order valence-corrected chi connectivity index (χ4v) is 4.06. The number of hydrogen-bond donors (Lipinski definition) is 2. The molecule has 0 spiro atoms. The maximum atomic E-state index is 12.4. The molecule has 21 heavy (non-hydrogen) atoms. The van der Waals surface area contributed by atoms with Crippen LogP contribution in [0.1, 0.15) is 10.4 Å². The topological polar surface area (TPSA) is 96.4 Å². The van der Waals surface area contributed by atoms with Crippen LogP contribution in [-0.4, -0.2) is 24.5 Å². The summed E-state index contributed by atoms with van der Waals surface area (Å²) >= 11 is 6.34. The molecule has 9 heteroatoms. The first-order chi connectivity index (χ1) is 9.81. The van der Waals surface area contributed by atoms with Gasteiger partial charge in [0.2, 0.25) is 0 Å². The molecule has 0 saturated carbocycles. The van der Waals surface area contributed by atoms with Crippen molar-refractivity contribution in [3.05, 3.63) is 51.0 Å². The molecular weight excluding hydrogens is 428 g/mol. The molecular formula is C12H8Br2N2O4S. The summed E-state index contributed by atoms with van der Waals surface area (Å²) in [5.41, 5.74) is -0.229. The van der Waals surface area contributed by atoms with Gasteiger partial charge in [0.25, 0.3) is 10.0 Å². The minimum absolute atomic E-state index is 0.0288. The number of carbonyl (C=O) groups is 1. The van der Waals surface area contributed by atoms with Gasteiger partial charge in [0.15, 0.2) is 5.82 Å². The third-order valence-electron chi connectivity index (χ3n) is 2.45. The molecule has 0 bridgehead atoms. The summed E-state index contributed by atoms with van der Waals surface area (Å²) in [6.07, 6.45) is 1.31. The summed E-state index contributed by atoms with van der Waals surface area (Å²) in [5.74, 6) is -1.51. The van der Waals surface area contributed by atoms with Crippen molar-refractivity contribution in [3.63, 3.8) is 0 Å². The summed E-state index contributed by atoms with van der Waals surface area (Å²) in [4.78, 5) is 14.8. The van der Waals surface area contributed by atoms with E-state index in [1.165, 1.54) is 24.4 Å². The quantitative estimate of drug-likeness (QED) is 0.768. The van der Waals surface area contributed by atoms with Crippen molar-refractivity contribution < 1.29 is 18.3 Å². The van der Waals surface area contributed by atoms with Crippen molar-refractivity contribution in [2.75, 3.05) is 4.72 Å². The van der Waals surface area contributed by atoms with Crippen LogP contribution in [0, 0.1) is 0 Å². The molecule has 2 aromatic rings. The third-order valence-corrected chi connectivity index (χ3v) is 5.28. The Balaban J connectivity index is 2.48. The molecule has 0 unspecified atom stereocenters. The van der Waals surface area contributed by atoms with Crippen LogP contribution in [0.2, 0.25) is 0 Å². The SMILES string of the molecule is O=C(O)c1cccnc1NS(=O)(=O)c1cc(Br)ccc1Br. The molecule has 6 nitrogen and oxygen atoms in total. The number of anilines is 1. The maximum Gasteiger partial charge on any atom is 0.339 e. The standard InChI is InChI=1S/C12H8Br2N2O4S/c13-7-3-4-9(14)10(6-7)21(19,20)16-11-8(12(17)18)2-1-5-15-11/h1-6H,(H,15,16)(H,17,18). The minimum Gasteiger partial charge on any atom is -0.478 e. The predicted octanol–water partition coefficient (Wildman–Crippen LogP) is 3.11. The number of aromatic nitrogens is 1. The molecule has 0 aliphatic rings. The number of nitrogens with zero attached hydrogens (tertiary/aromatic N) is 1. The van der Waals surface area contributed by atoms with Crippen LogP contribution in [0.5, 0.6) is 0 Å². The molecule has 0 fully saturated rings. The number of nitrogens with one attached hydrogen (secondary N) is 1. The molecule has 0 atom stereocenters. The smallest absolute Gasteiger partial charge is 0.339 e. The van der Waals surface area contributed by atoms with Crippen molar-refractivity contribution in [2.24, 2.45) is 0 Å². The number of carboxylic acids is 1. The second-order valence-electron chi connectivity index (χ2n) is 3.88. The zero-order chi connectivity index (χ0) is 15.6. The largest absolute Gasteiger partial charge is 0.478 e. The van der Waals surface area contributed by atoms with Gasteiger partial charge in [0, 0.05) is 15.1 Å². The van der Waals surface area contributed by atoms with Crippen LogP contribution < -0.4 is 4.72 Å². The van der Waals surface area contributed by atoms with E-state index in [-0.39, 0.29) is 16.3 Å². The molecule has 2 N–H and O–H groups in total. The summed E-state index contributed by atoms with van der Waals surface area (Å²) in [6, 6.07) is 7.32. The number of benzene rings is 1. The maximum absolute atomic E-state index is 12.4. The van der Waals surface area contributed by atoms with E-state index in [9.17, 15) is 13.2 Å². The summed E-state index contributed by atoms with van der Waals surface area (Å²) in [5, 5.41) is 9.04. The first kappa shape index (κ1) is 15.9. The number of rotatable bonds is 4. The van der Waals surface area contributed by atoms with E-state index < -0.39 is 16.0 Å². The van der Waals surface area contributed by atoms with Crippen LogP contribution in [-0.2, 0) is 10.0 Å². The molecule has 0 saturated heterocycles. The van der Waals surface area contributed by atoms with Gasteiger partial charge in [-0.05, 0) is 46.3 Å². The Kier molecular flexibility index (Phi) is 4.64. The lowest BCUT2D eigenvalue weighted by atomic mass is 10.3. The van der Waals surface area contributed by atoms with Crippen molar-refractivity contribution >= 4 is 53.7 Å². The van der Waals surface area contributed by atoms with E-state index in [1.54, 1.807) is 12.1 Å². The Morgan fingerprint density at radius 3 is 2.62 bits per heavy atom. The normalized spacial score (nSPS) is 11.1. The van der Waals surface area contributed by atoms with Crippen LogP contribution in [0.15, 0.2) is 50.4 Å². The number of carboxylic acid groups (broad SMARTS) is 1. The lowest BCUT2D eigenvalue weighted by Gasteiger charge is -2.11. The highest BCUT2D eigenvalue weighted by atomic mass is 79.9. The van der Waals surface area contributed by atoms with Crippen LogP contribution >= 0.6 is 31.9 Å². The second-order valence-corrected chi connectivity index (χ2v) is 7.31. The molecule has 0 aliphatic carbocycles. The van der Waals surface area contributed by atoms with Gasteiger partial charge in [-0.15, -0.1) is 0 Å². The Hall–Kier alpha value is -1.45. The average Bonchev–Trinajstić information content (AvgIpc) is 2.41. The van der Waals surface area contributed by atoms with Crippen LogP contribution in [0.4, 0.5) is 5.82 Å². The van der Waals surface area contributed by atoms with Gasteiger partial charge in [0.1, 0.15) is 10.5 Å². The van der Waals surface area contributed by atoms with E-state index in [0.717, 1.165) is 0 Å². The molecule has 2 rings (SSSR count). The zero-order valence-corrected chi connectivity index (χ0v) is 14.2. The monoisotopic (exact) mass is 434 g/mol. The van der Waals surface area contributed by atoms with E-state index >= 15 is 0 Å². The molecule has 0 aliphatic heterocycles. The van der Waals surface area contributed by atoms with E-state index in [4.69, 9.17) is 5.11 Å². The highest BCUT2D eigenvalue weighted by Crippen LogP contribution is 2.27. The molecule has 0 amide bonds. The Bertz CT molecular complexity index is 809. The lowest BCUT2D eigenvalue weighted by molar-refractivity contribution is 0.0697. The molecule has 1 aromatic heterocycles. The Morgan fingerprint density at radius 2 is 1.95 bits per heavy atom. The summed E-state index contributed by atoms with van der Waals surface area (Å²) in [6.45, 7) is 0. The fraction of sp³-hybridized carbons (Fsp3) is 0. The van der Waals surface area contributed by atoms with E-state index in [1.807, 2.05) is 0 Å². The first-order valence-electron chi connectivity index (χ1n) is 5.47. The third kappa shape index (κ3) is 3.60. The Labute approximate surface area is 137 Å². The van der Waals surface area contributed by atoms with Crippen molar-refractivity contribution in [2.45, 2.75) is 4.90 Å². The van der Waals surface area contributed by atoms with Crippen LogP contribution in [0.3, 0.4) is 0 Å². The zero-order valence-electron chi connectivity index (χ0n) is 10.2. The van der Waals surface area contributed by atoms with Gasteiger partial charge in [-0.1, -0.05) is 15.9 Å². The summed E-state index contributed by atoms with van der Waals surface area (Å²) < 4.78 is 27.8. The number of hydrogen-bond acceptors (Lipinski definition) is 4. The van der Waals surface area contributed by atoms with Crippen LogP contribution in [0.25, 0.3) is 0 Å². The van der Waals surface area contributed by atoms with Gasteiger partial charge in [-0.3, -0.25) is 4.72 Å². The van der Waals surface area contributed by atoms with Gasteiger partial charge in [0.05, 0.1) is 0 Å². The Morgan fingerprint density at radius 1 is 1.24 bits per heavy atom. The van der Waals surface area contributed by atoms with Crippen molar-refractivity contribution in [1.29, 1.82) is 0 Å². The fourth-order valence-electron chi connectivity index (χ4n) is 1.52. The second kappa shape index (κ2) is 6.12. The van der Waals surface area contributed by atoms with Gasteiger partial charge in [-0.25, -0.2) is 18.2 Å². The van der Waals surface area contributed by atoms with Crippen molar-refractivity contribution in [3.8, 4) is 0 Å². The number of sulfonamides is 1. The number of halogens is 2. The van der Waals surface area contributed by atoms with Gasteiger partial charge < -0.3 is 5.11 Å². The number of pyridine rings is 1. The minimum atomic E-state index is -3.98. The summed E-state index contributed by atoms with van der Waals surface area (Å²) in [7, 11) is -3.98. The first-order valence-corrected chi connectivity index (χ1v) is 8.54. The van der Waals surface area contributed by atoms with E-state index in [2.05, 4.69) is 41.6 Å². The lowest BCUT2D eigenvalue weighted by Crippen LogP contribution is -2.17. The predicted molar refractivity (Wildman–Crippen MR) is 83.8 cm³/mol. The number of aromatic carboxylic acids is 1. The molecule has 1 aromatic carbocycles. The van der Waals surface area contributed by atoms with E-state index in [0.29, 0.717) is 8.95 Å². The average molecular weight is 436 g/mol.